The van der Waals surface area contributed by atoms with Gasteiger partial charge in [-0.15, -0.1) is 0 Å². The monoisotopic (exact) mass is 348 g/mol. The third-order valence-corrected chi connectivity index (χ3v) is 3.89. The molecule has 9 nitrogen and oxygen atoms in total. The summed E-state index contributed by atoms with van der Waals surface area (Å²) in [5.74, 6) is 0.122. The molecular formula is C17H16N8O. The number of carbonyl (C=O) groups is 1. The van der Waals surface area contributed by atoms with Crippen LogP contribution in [0.1, 0.15) is 6.42 Å². The summed E-state index contributed by atoms with van der Waals surface area (Å²) in [6.45, 7) is 0.483. The van der Waals surface area contributed by atoms with Crippen LogP contribution >= 0.6 is 0 Å². The van der Waals surface area contributed by atoms with Crippen LogP contribution in [-0.2, 0) is 11.3 Å². The highest BCUT2D eigenvalue weighted by atomic mass is 16.1. The van der Waals surface area contributed by atoms with Gasteiger partial charge in [0.1, 0.15) is 18.3 Å². The fourth-order valence-corrected chi connectivity index (χ4v) is 2.64. The zero-order valence-electron chi connectivity index (χ0n) is 13.8. The molecule has 1 amide bonds. The second-order valence-electron chi connectivity index (χ2n) is 5.71. The lowest BCUT2D eigenvalue weighted by Gasteiger charge is -2.08. The number of nitrogens with zero attached hydrogens (tertiary/aromatic N) is 6. The molecular weight excluding hydrogens is 332 g/mol. The third-order valence-electron chi connectivity index (χ3n) is 3.89. The largest absolute Gasteiger partial charge is 0.370 e. The number of nitrogens with two attached hydrogens (primary N) is 1. The highest BCUT2D eigenvalue weighted by Crippen LogP contribution is 2.19. The first-order valence-electron chi connectivity index (χ1n) is 8.01. The molecule has 0 aliphatic carbocycles. The minimum atomic E-state index is -0.343. The summed E-state index contributed by atoms with van der Waals surface area (Å²) < 4.78 is 3.56. The van der Waals surface area contributed by atoms with Crippen molar-refractivity contribution in [2.75, 3.05) is 5.32 Å². The van der Waals surface area contributed by atoms with Crippen molar-refractivity contribution < 1.29 is 4.79 Å². The smallest absolute Gasteiger partial charge is 0.229 e. The van der Waals surface area contributed by atoms with Gasteiger partial charge in [0, 0.05) is 36.4 Å². The van der Waals surface area contributed by atoms with Crippen LogP contribution in [0.5, 0.6) is 0 Å². The molecule has 0 aliphatic heterocycles. The minimum absolute atomic E-state index is 0.260. The molecule has 3 aromatic heterocycles. The summed E-state index contributed by atoms with van der Waals surface area (Å²) in [7, 11) is 0. The topological polar surface area (TPSA) is 117 Å². The molecule has 0 unspecified atom stereocenters. The standard InChI is InChI=1S/C17H16N8O/c18-15(26)5-7-24-6-4-12-9-20-17(23-16(12)24)22-13-2-1-3-14(8-13)25-11-19-10-21-25/h1-4,6,8-11H,5,7H2,(H2,18,26)(H,20,22,23). The lowest BCUT2D eigenvalue weighted by Crippen LogP contribution is -2.13. The predicted molar refractivity (Wildman–Crippen MR) is 96.0 cm³/mol. The Balaban J connectivity index is 1.60. The van der Waals surface area contributed by atoms with Gasteiger partial charge < -0.3 is 15.6 Å². The lowest BCUT2D eigenvalue weighted by atomic mass is 10.3. The van der Waals surface area contributed by atoms with Crippen molar-refractivity contribution in [1.29, 1.82) is 0 Å². The van der Waals surface area contributed by atoms with Crippen molar-refractivity contribution in [3.8, 4) is 5.69 Å². The molecule has 0 radical (unpaired) electrons. The van der Waals surface area contributed by atoms with Gasteiger partial charge in [-0.1, -0.05) is 6.07 Å². The number of amides is 1. The number of primary amides is 1. The average Bonchev–Trinajstić information content (AvgIpc) is 3.30. The Labute approximate surface area is 148 Å². The quantitative estimate of drug-likeness (QED) is 0.547. The molecule has 3 heterocycles. The number of rotatable bonds is 6. The van der Waals surface area contributed by atoms with Crippen molar-refractivity contribution in [1.82, 2.24) is 29.3 Å². The van der Waals surface area contributed by atoms with E-state index >= 15 is 0 Å². The summed E-state index contributed by atoms with van der Waals surface area (Å²) in [5.41, 5.74) is 7.68. The Morgan fingerprint density at radius 1 is 1.27 bits per heavy atom. The van der Waals surface area contributed by atoms with Gasteiger partial charge in [0.2, 0.25) is 11.9 Å². The van der Waals surface area contributed by atoms with Crippen LogP contribution in [0.4, 0.5) is 11.6 Å². The van der Waals surface area contributed by atoms with Gasteiger partial charge >= 0.3 is 0 Å². The van der Waals surface area contributed by atoms with Crippen LogP contribution in [0.15, 0.2) is 55.4 Å². The normalized spacial score (nSPS) is 10.9. The fraction of sp³-hybridized carbons (Fsp3) is 0.118. The molecule has 1 aromatic carbocycles. The number of aryl methyl sites for hydroxylation is 1. The lowest BCUT2D eigenvalue weighted by molar-refractivity contribution is -0.118. The summed E-state index contributed by atoms with van der Waals surface area (Å²) in [6.07, 6.45) is 6.99. The van der Waals surface area contributed by atoms with E-state index in [4.69, 9.17) is 5.73 Å². The number of hydrogen-bond donors (Lipinski definition) is 2. The van der Waals surface area contributed by atoms with E-state index in [1.54, 1.807) is 17.2 Å². The van der Waals surface area contributed by atoms with Crippen molar-refractivity contribution >= 4 is 28.6 Å². The van der Waals surface area contributed by atoms with Gasteiger partial charge in [-0.05, 0) is 24.3 Å². The van der Waals surface area contributed by atoms with Gasteiger partial charge in [-0.3, -0.25) is 4.79 Å². The zero-order chi connectivity index (χ0) is 17.9. The van der Waals surface area contributed by atoms with E-state index in [0.29, 0.717) is 12.5 Å². The van der Waals surface area contributed by atoms with Gasteiger partial charge in [0.05, 0.1) is 5.69 Å². The van der Waals surface area contributed by atoms with Crippen molar-refractivity contribution in [2.24, 2.45) is 5.73 Å². The summed E-state index contributed by atoms with van der Waals surface area (Å²) >= 11 is 0. The molecule has 0 aliphatic rings. The number of fused-ring (bicyclic) bond motifs is 1. The molecule has 0 spiro atoms. The van der Waals surface area contributed by atoms with Crippen LogP contribution in [0.3, 0.4) is 0 Å². The molecule has 0 saturated carbocycles. The highest BCUT2D eigenvalue weighted by Gasteiger charge is 2.07. The Morgan fingerprint density at radius 2 is 2.19 bits per heavy atom. The van der Waals surface area contributed by atoms with Crippen molar-refractivity contribution in [3.05, 3.63) is 55.4 Å². The second-order valence-corrected chi connectivity index (χ2v) is 5.71. The minimum Gasteiger partial charge on any atom is -0.370 e. The highest BCUT2D eigenvalue weighted by molar-refractivity contribution is 5.77. The molecule has 0 atom stereocenters. The van der Waals surface area contributed by atoms with Crippen LogP contribution in [0.2, 0.25) is 0 Å². The van der Waals surface area contributed by atoms with Gasteiger partial charge in [-0.25, -0.2) is 14.6 Å². The van der Waals surface area contributed by atoms with E-state index in [-0.39, 0.29) is 12.3 Å². The van der Waals surface area contributed by atoms with E-state index in [1.807, 2.05) is 41.1 Å². The number of hydrogen-bond acceptors (Lipinski definition) is 6. The first kappa shape index (κ1) is 15.8. The maximum atomic E-state index is 11.0. The van der Waals surface area contributed by atoms with Crippen LogP contribution in [-0.4, -0.2) is 35.2 Å². The molecule has 0 saturated heterocycles. The number of aromatic nitrogens is 6. The fourth-order valence-electron chi connectivity index (χ4n) is 2.64. The van der Waals surface area contributed by atoms with Crippen LogP contribution in [0, 0.1) is 0 Å². The number of anilines is 2. The summed E-state index contributed by atoms with van der Waals surface area (Å²) in [4.78, 5) is 23.9. The molecule has 9 heteroatoms. The van der Waals surface area contributed by atoms with Gasteiger partial charge in [0.25, 0.3) is 0 Å². The van der Waals surface area contributed by atoms with Gasteiger partial charge in [-0.2, -0.15) is 10.1 Å². The van der Waals surface area contributed by atoms with E-state index in [2.05, 4.69) is 25.4 Å². The maximum Gasteiger partial charge on any atom is 0.229 e. The van der Waals surface area contributed by atoms with Crippen molar-refractivity contribution in [3.63, 3.8) is 0 Å². The SMILES string of the molecule is NC(=O)CCn1ccc2cnc(Nc3cccc(-n4cncn4)c3)nc21. The molecule has 3 N–H and O–H groups in total. The number of carbonyl (C=O) groups excluding carboxylic acids is 1. The second kappa shape index (κ2) is 6.63. The zero-order valence-corrected chi connectivity index (χ0v) is 13.8. The summed E-state index contributed by atoms with van der Waals surface area (Å²) in [6, 6.07) is 9.59. The molecule has 0 bridgehead atoms. The molecule has 26 heavy (non-hydrogen) atoms. The molecule has 130 valence electrons. The molecule has 0 fully saturated rings. The first-order chi connectivity index (χ1) is 12.7. The molecule has 4 aromatic rings. The van der Waals surface area contributed by atoms with Gasteiger partial charge in [0.15, 0.2) is 0 Å². The Bertz CT molecular complexity index is 1050. The van der Waals surface area contributed by atoms with E-state index < -0.39 is 0 Å². The Morgan fingerprint density at radius 3 is 3.00 bits per heavy atom. The Hall–Kier alpha value is -3.75. The van der Waals surface area contributed by atoms with Crippen molar-refractivity contribution in [2.45, 2.75) is 13.0 Å². The summed E-state index contributed by atoms with van der Waals surface area (Å²) in [5, 5.41) is 8.21. The van der Waals surface area contributed by atoms with E-state index in [1.165, 1.54) is 6.33 Å². The maximum absolute atomic E-state index is 11.0. The number of benzene rings is 1. The van der Waals surface area contributed by atoms with Crippen LogP contribution < -0.4 is 11.1 Å². The number of nitrogens with one attached hydrogen (secondary N) is 1. The first-order valence-corrected chi connectivity index (χ1v) is 8.01. The Kier molecular flexibility index (Phi) is 4.02. The third kappa shape index (κ3) is 3.22. The van der Waals surface area contributed by atoms with Crippen LogP contribution in [0.25, 0.3) is 16.7 Å². The predicted octanol–water partition coefficient (Wildman–Crippen LogP) is 1.63. The molecule has 4 rings (SSSR count). The average molecular weight is 348 g/mol. The van der Waals surface area contributed by atoms with E-state index in [9.17, 15) is 4.79 Å². The van der Waals surface area contributed by atoms with E-state index in [0.717, 1.165) is 22.4 Å².